The largest absolute Gasteiger partial charge is 0.369 e. The second-order valence-electron chi connectivity index (χ2n) is 9.56. The molecule has 0 spiro atoms. The van der Waals surface area contributed by atoms with Gasteiger partial charge in [-0.25, -0.2) is 18.8 Å². The summed E-state index contributed by atoms with van der Waals surface area (Å²) >= 11 is 19.4. The molecule has 1 aliphatic carbocycles. The van der Waals surface area contributed by atoms with E-state index in [0.717, 1.165) is 25.1 Å². The summed E-state index contributed by atoms with van der Waals surface area (Å²) in [5, 5.41) is 0.701. The highest BCUT2D eigenvalue weighted by molar-refractivity contribution is 7.90. The van der Waals surface area contributed by atoms with Crippen molar-refractivity contribution in [3.8, 4) is 0 Å². The SMILES string of the molecule is C[C@@H](OC1CC2C(CC1Cl)NNC2c1cnc(N2CCC2)c(S(C)(=O)=O)c1)c1c(Cl)cncc1Cl. The number of hydrazine groups is 1. The van der Waals surface area contributed by atoms with Crippen LogP contribution in [0.1, 0.15) is 49.5 Å². The number of nitrogens with one attached hydrogen (secondary N) is 2. The maximum absolute atomic E-state index is 12.6. The van der Waals surface area contributed by atoms with E-state index >= 15 is 0 Å². The van der Waals surface area contributed by atoms with Crippen molar-refractivity contribution < 1.29 is 13.2 Å². The lowest BCUT2D eigenvalue weighted by molar-refractivity contribution is -0.0343. The highest BCUT2D eigenvalue weighted by atomic mass is 35.5. The Labute approximate surface area is 220 Å². The summed E-state index contributed by atoms with van der Waals surface area (Å²) < 4.78 is 31.6. The van der Waals surface area contributed by atoms with Gasteiger partial charge in [-0.3, -0.25) is 10.4 Å². The van der Waals surface area contributed by atoms with Crippen LogP contribution in [0.2, 0.25) is 10.0 Å². The van der Waals surface area contributed by atoms with E-state index in [2.05, 4.69) is 20.8 Å². The van der Waals surface area contributed by atoms with Crippen LogP contribution in [0.5, 0.6) is 0 Å². The molecule has 4 heterocycles. The number of alkyl halides is 1. The molecule has 5 unspecified atom stereocenters. The predicted octanol–water partition coefficient (Wildman–Crippen LogP) is 4.08. The monoisotopic (exact) mass is 559 g/mol. The molecule has 3 fully saturated rings. The number of sulfone groups is 1. The van der Waals surface area contributed by atoms with E-state index in [1.165, 1.54) is 6.26 Å². The molecule has 6 atom stereocenters. The average Bonchev–Trinajstić information content (AvgIpc) is 3.14. The lowest BCUT2D eigenvalue weighted by atomic mass is 9.78. The van der Waals surface area contributed by atoms with E-state index < -0.39 is 9.84 Å². The fourth-order valence-electron chi connectivity index (χ4n) is 5.26. The molecule has 3 aliphatic rings. The molecule has 12 heteroatoms. The zero-order valence-electron chi connectivity index (χ0n) is 19.4. The Bertz CT molecular complexity index is 1190. The minimum absolute atomic E-state index is 0.127. The first-order chi connectivity index (χ1) is 16.6. The van der Waals surface area contributed by atoms with Gasteiger partial charge in [-0.05, 0) is 43.7 Å². The number of anilines is 1. The summed E-state index contributed by atoms with van der Waals surface area (Å²) in [6, 6.07) is 1.76. The quantitative estimate of drug-likeness (QED) is 0.510. The van der Waals surface area contributed by atoms with Crippen LogP contribution in [-0.2, 0) is 14.6 Å². The van der Waals surface area contributed by atoms with Gasteiger partial charge in [0.05, 0.1) is 33.7 Å². The molecule has 2 N–H and O–H groups in total. The summed E-state index contributed by atoms with van der Waals surface area (Å²) in [5.41, 5.74) is 8.22. The molecule has 0 aromatic carbocycles. The van der Waals surface area contributed by atoms with Crippen LogP contribution < -0.4 is 15.8 Å². The average molecular weight is 561 g/mol. The molecule has 0 radical (unpaired) electrons. The van der Waals surface area contributed by atoms with E-state index in [-0.39, 0.29) is 40.5 Å². The van der Waals surface area contributed by atoms with Crippen LogP contribution in [-0.4, -0.2) is 55.3 Å². The fraction of sp³-hybridized carbons (Fsp3) is 0.565. The van der Waals surface area contributed by atoms with Gasteiger partial charge in [-0.2, -0.15) is 0 Å². The summed E-state index contributed by atoms with van der Waals surface area (Å²) in [5.74, 6) is 0.672. The van der Waals surface area contributed by atoms with Crippen LogP contribution in [0.3, 0.4) is 0 Å². The van der Waals surface area contributed by atoms with Crippen molar-refractivity contribution in [2.24, 2.45) is 5.92 Å². The lowest BCUT2D eigenvalue weighted by Crippen LogP contribution is -2.44. The first-order valence-electron chi connectivity index (χ1n) is 11.7. The summed E-state index contributed by atoms with van der Waals surface area (Å²) in [6.07, 6.45) is 7.93. The van der Waals surface area contributed by atoms with Gasteiger partial charge in [0.2, 0.25) is 0 Å². The van der Waals surface area contributed by atoms with E-state index in [1.807, 2.05) is 11.8 Å². The fourth-order valence-corrected chi connectivity index (χ4v) is 7.15. The van der Waals surface area contributed by atoms with Crippen LogP contribution in [0.15, 0.2) is 29.6 Å². The predicted molar refractivity (Wildman–Crippen MR) is 137 cm³/mol. The van der Waals surface area contributed by atoms with Gasteiger partial charge in [0, 0.05) is 49.5 Å². The van der Waals surface area contributed by atoms with Gasteiger partial charge in [0.15, 0.2) is 9.84 Å². The normalized spacial score (nSPS) is 29.5. The van der Waals surface area contributed by atoms with Gasteiger partial charge in [0.1, 0.15) is 10.7 Å². The molecule has 2 saturated heterocycles. The van der Waals surface area contributed by atoms with Gasteiger partial charge in [0.25, 0.3) is 0 Å². The minimum Gasteiger partial charge on any atom is -0.369 e. The van der Waals surface area contributed by atoms with E-state index in [1.54, 1.807) is 24.7 Å². The summed E-state index contributed by atoms with van der Waals surface area (Å²) in [7, 11) is -3.44. The summed E-state index contributed by atoms with van der Waals surface area (Å²) in [4.78, 5) is 10.9. The zero-order chi connectivity index (χ0) is 24.9. The number of nitrogens with zero attached hydrogens (tertiary/aromatic N) is 3. The minimum atomic E-state index is -3.44. The molecule has 5 rings (SSSR count). The smallest absolute Gasteiger partial charge is 0.179 e. The number of aromatic nitrogens is 2. The number of rotatable bonds is 6. The first-order valence-corrected chi connectivity index (χ1v) is 14.8. The Kier molecular flexibility index (Phi) is 7.22. The highest BCUT2D eigenvalue weighted by Gasteiger charge is 2.46. The second-order valence-corrected chi connectivity index (χ2v) is 12.9. The first kappa shape index (κ1) is 25.4. The molecule has 0 bridgehead atoms. The molecule has 2 aromatic rings. The molecule has 190 valence electrons. The second kappa shape index (κ2) is 9.93. The zero-order valence-corrected chi connectivity index (χ0v) is 22.5. The topological polar surface area (TPSA) is 96.5 Å². The van der Waals surface area contributed by atoms with Gasteiger partial charge in [-0.1, -0.05) is 23.2 Å². The maximum Gasteiger partial charge on any atom is 0.179 e. The van der Waals surface area contributed by atoms with Crippen LogP contribution >= 0.6 is 34.8 Å². The Morgan fingerprint density at radius 3 is 2.49 bits per heavy atom. The third-order valence-electron chi connectivity index (χ3n) is 7.20. The van der Waals surface area contributed by atoms with Crippen molar-refractivity contribution in [3.63, 3.8) is 0 Å². The number of hydrogen-bond acceptors (Lipinski definition) is 8. The van der Waals surface area contributed by atoms with E-state index in [0.29, 0.717) is 34.3 Å². The van der Waals surface area contributed by atoms with Crippen molar-refractivity contribution in [2.75, 3.05) is 24.2 Å². The summed E-state index contributed by atoms with van der Waals surface area (Å²) in [6.45, 7) is 3.55. The Balaban J connectivity index is 1.38. The molecule has 1 saturated carbocycles. The number of pyridine rings is 2. The van der Waals surface area contributed by atoms with Crippen molar-refractivity contribution in [3.05, 3.63) is 45.8 Å². The maximum atomic E-state index is 12.6. The standard InChI is InChI=1S/C23H28Cl3N5O3S/c1-12(21-16(25)10-27-11-17(21)26)34-19-7-14-18(8-15(19)24)29-30-22(14)13-6-20(35(2,32)33)23(28-9-13)31-4-3-5-31/h6,9-12,14-15,18-19,22,29-30H,3-5,7-8H2,1-2H3/t12-,14?,15?,18?,19?,22?/m1/s1. The van der Waals surface area contributed by atoms with Gasteiger partial charge in [-0.15, -0.1) is 11.6 Å². The molecule has 2 aromatic heterocycles. The lowest BCUT2D eigenvalue weighted by Gasteiger charge is -2.38. The number of ether oxygens (including phenoxy) is 1. The van der Waals surface area contributed by atoms with Crippen molar-refractivity contribution >= 4 is 50.5 Å². The van der Waals surface area contributed by atoms with Crippen molar-refractivity contribution in [1.29, 1.82) is 0 Å². The van der Waals surface area contributed by atoms with Crippen molar-refractivity contribution in [1.82, 2.24) is 20.8 Å². The third kappa shape index (κ3) is 5.01. The number of hydrogen-bond donors (Lipinski definition) is 2. The molecule has 35 heavy (non-hydrogen) atoms. The van der Waals surface area contributed by atoms with Gasteiger partial charge >= 0.3 is 0 Å². The Morgan fingerprint density at radius 1 is 1.14 bits per heavy atom. The third-order valence-corrected chi connectivity index (χ3v) is 9.36. The van der Waals surface area contributed by atoms with E-state index in [9.17, 15) is 8.42 Å². The van der Waals surface area contributed by atoms with Crippen LogP contribution in [0, 0.1) is 5.92 Å². The van der Waals surface area contributed by atoms with Crippen molar-refractivity contribution in [2.45, 2.75) is 60.8 Å². The number of halogens is 3. The van der Waals surface area contributed by atoms with Crippen LogP contribution in [0.4, 0.5) is 5.82 Å². The Hall–Kier alpha value is -1.20. The number of fused-ring (bicyclic) bond motifs is 1. The molecule has 2 aliphatic heterocycles. The molecule has 0 amide bonds. The molecular weight excluding hydrogens is 533 g/mol. The van der Waals surface area contributed by atoms with E-state index in [4.69, 9.17) is 39.5 Å². The van der Waals surface area contributed by atoms with Gasteiger partial charge < -0.3 is 9.64 Å². The highest BCUT2D eigenvalue weighted by Crippen LogP contribution is 2.43. The van der Waals surface area contributed by atoms with Crippen LogP contribution in [0.25, 0.3) is 0 Å². The Morgan fingerprint density at radius 2 is 1.86 bits per heavy atom. The molecule has 8 nitrogen and oxygen atoms in total. The molecular formula is C23H28Cl3N5O3S.